The highest BCUT2D eigenvalue weighted by Crippen LogP contribution is 2.39. The molecule has 0 radical (unpaired) electrons. The fourth-order valence-electron chi connectivity index (χ4n) is 2.21. The minimum atomic E-state index is -0.447. The van der Waals surface area contributed by atoms with E-state index in [1.807, 2.05) is 19.1 Å². The number of thiophene rings is 1. The summed E-state index contributed by atoms with van der Waals surface area (Å²) in [6, 6.07) is 6.82. The average Bonchev–Trinajstić information content (AvgIpc) is 2.90. The molecule has 0 spiro atoms. The summed E-state index contributed by atoms with van der Waals surface area (Å²) in [7, 11) is 0. The first-order valence-corrected chi connectivity index (χ1v) is 7.81. The van der Waals surface area contributed by atoms with E-state index in [2.05, 4.69) is 0 Å². The highest BCUT2D eigenvalue weighted by Gasteiger charge is 2.22. The molecule has 2 N–H and O–H groups in total. The lowest BCUT2D eigenvalue weighted by molar-refractivity contribution is 0.521. The van der Waals surface area contributed by atoms with Crippen LogP contribution in [-0.4, -0.2) is 0 Å². The monoisotopic (exact) mass is 345 g/mol. The Labute approximate surface area is 135 Å². The van der Waals surface area contributed by atoms with Crippen molar-refractivity contribution in [3.63, 3.8) is 0 Å². The van der Waals surface area contributed by atoms with Crippen molar-refractivity contribution in [2.75, 3.05) is 0 Å². The average molecular weight is 347 g/mol. The number of furan rings is 1. The number of hydrogen-bond acceptors (Lipinski definition) is 3. The lowest BCUT2D eigenvalue weighted by Gasteiger charge is -2.08. The Morgan fingerprint density at radius 2 is 1.95 bits per heavy atom. The fourth-order valence-corrected chi connectivity index (χ4v) is 3.94. The van der Waals surface area contributed by atoms with E-state index >= 15 is 0 Å². The third-order valence-electron chi connectivity index (χ3n) is 3.24. The summed E-state index contributed by atoms with van der Waals surface area (Å²) in [5.74, 6) is 0.679. The van der Waals surface area contributed by atoms with Gasteiger partial charge in [0.15, 0.2) is 0 Å². The minimum absolute atomic E-state index is 0.447. The number of hydrogen-bond donors (Lipinski definition) is 1. The van der Waals surface area contributed by atoms with Gasteiger partial charge in [-0.1, -0.05) is 34.8 Å². The van der Waals surface area contributed by atoms with Crippen LogP contribution in [0.2, 0.25) is 13.7 Å². The molecule has 0 aliphatic rings. The molecule has 0 aliphatic heterocycles. The van der Waals surface area contributed by atoms with Crippen molar-refractivity contribution in [3.8, 4) is 0 Å². The van der Waals surface area contributed by atoms with E-state index in [1.165, 1.54) is 11.3 Å². The standard InChI is InChI=1S/C14H10Cl3NOS/c1-6-8-4-7(15)2-3-10(8)19-13(6)12(18)9-5-11(16)20-14(9)17/h2-5,12H,18H2,1H3. The molecule has 0 saturated carbocycles. The van der Waals surface area contributed by atoms with Crippen molar-refractivity contribution >= 4 is 57.1 Å². The van der Waals surface area contributed by atoms with Gasteiger partial charge in [0.05, 0.1) is 14.7 Å². The van der Waals surface area contributed by atoms with Gasteiger partial charge in [-0.25, -0.2) is 0 Å². The molecule has 3 rings (SSSR count). The van der Waals surface area contributed by atoms with Crippen molar-refractivity contribution in [1.82, 2.24) is 0 Å². The lowest BCUT2D eigenvalue weighted by Crippen LogP contribution is -2.11. The van der Waals surface area contributed by atoms with E-state index < -0.39 is 6.04 Å². The third-order valence-corrected chi connectivity index (χ3v) is 4.99. The molecule has 0 saturated heterocycles. The summed E-state index contributed by atoms with van der Waals surface area (Å²) in [5.41, 5.74) is 8.77. The molecule has 1 aromatic carbocycles. The molecule has 20 heavy (non-hydrogen) atoms. The largest absolute Gasteiger partial charge is 0.459 e. The summed E-state index contributed by atoms with van der Waals surface area (Å²) in [4.78, 5) is 0. The topological polar surface area (TPSA) is 39.2 Å². The number of fused-ring (bicyclic) bond motifs is 1. The van der Waals surface area contributed by atoms with Crippen molar-refractivity contribution in [1.29, 1.82) is 0 Å². The van der Waals surface area contributed by atoms with Gasteiger partial charge in [-0.05, 0) is 31.2 Å². The lowest BCUT2D eigenvalue weighted by atomic mass is 10.0. The van der Waals surface area contributed by atoms with E-state index in [1.54, 1.807) is 12.1 Å². The summed E-state index contributed by atoms with van der Waals surface area (Å²) in [6.45, 7) is 1.96. The normalized spacial score (nSPS) is 13.1. The number of benzene rings is 1. The summed E-state index contributed by atoms with van der Waals surface area (Å²) >= 11 is 19.4. The Kier molecular flexibility index (Phi) is 3.73. The maximum absolute atomic E-state index is 6.27. The van der Waals surface area contributed by atoms with Crippen LogP contribution >= 0.6 is 46.1 Å². The Balaban J connectivity index is 2.14. The van der Waals surface area contributed by atoms with Crippen LogP contribution in [0.3, 0.4) is 0 Å². The Bertz CT molecular complexity index is 793. The quantitative estimate of drug-likeness (QED) is 0.636. The van der Waals surface area contributed by atoms with Gasteiger partial charge in [-0.15, -0.1) is 11.3 Å². The van der Waals surface area contributed by atoms with Gasteiger partial charge in [0.2, 0.25) is 0 Å². The van der Waals surface area contributed by atoms with E-state index in [-0.39, 0.29) is 0 Å². The zero-order valence-electron chi connectivity index (χ0n) is 10.4. The van der Waals surface area contributed by atoms with Crippen molar-refractivity contribution < 1.29 is 4.42 Å². The second-order valence-electron chi connectivity index (χ2n) is 4.49. The molecule has 1 unspecified atom stereocenters. The molecular weight excluding hydrogens is 337 g/mol. The summed E-state index contributed by atoms with van der Waals surface area (Å²) in [6.07, 6.45) is 0. The molecule has 104 valence electrons. The maximum atomic E-state index is 6.27. The van der Waals surface area contributed by atoms with E-state index in [9.17, 15) is 0 Å². The predicted octanol–water partition coefficient (Wildman–Crippen LogP) is 5.81. The smallest absolute Gasteiger partial charge is 0.134 e. The summed E-state index contributed by atoms with van der Waals surface area (Å²) in [5, 5.41) is 1.62. The molecule has 3 aromatic rings. The van der Waals surface area contributed by atoms with Gasteiger partial charge in [0.25, 0.3) is 0 Å². The number of nitrogens with two attached hydrogens (primary N) is 1. The first kappa shape index (κ1) is 14.2. The van der Waals surface area contributed by atoms with E-state index in [4.69, 9.17) is 45.0 Å². The third kappa shape index (κ3) is 2.34. The molecule has 0 aliphatic carbocycles. The second kappa shape index (κ2) is 5.24. The van der Waals surface area contributed by atoms with Crippen LogP contribution in [0.25, 0.3) is 11.0 Å². The molecule has 2 nitrogen and oxygen atoms in total. The molecule has 1 atom stereocenters. The molecular formula is C14H10Cl3NOS. The molecule has 6 heteroatoms. The van der Waals surface area contributed by atoms with Gasteiger partial charge >= 0.3 is 0 Å². The molecule has 0 bridgehead atoms. The predicted molar refractivity (Wildman–Crippen MR) is 86.3 cm³/mol. The van der Waals surface area contributed by atoms with Crippen LogP contribution in [0.5, 0.6) is 0 Å². The zero-order chi connectivity index (χ0) is 14.4. The number of aryl methyl sites for hydroxylation is 1. The van der Waals surface area contributed by atoms with Crippen molar-refractivity contribution in [2.45, 2.75) is 13.0 Å². The maximum Gasteiger partial charge on any atom is 0.134 e. The van der Waals surface area contributed by atoms with Gasteiger partial charge in [-0.3, -0.25) is 0 Å². The van der Waals surface area contributed by atoms with Gasteiger partial charge in [-0.2, -0.15) is 0 Å². The number of halogens is 3. The Morgan fingerprint density at radius 3 is 2.60 bits per heavy atom. The van der Waals surface area contributed by atoms with Crippen LogP contribution in [0.1, 0.15) is 22.9 Å². The Hall–Kier alpha value is -0.710. The molecule has 0 amide bonds. The first-order valence-electron chi connectivity index (χ1n) is 5.86. The minimum Gasteiger partial charge on any atom is -0.459 e. The van der Waals surface area contributed by atoms with Crippen molar-refractivity contribution in [2.24, 2.45) is 5.73 Å². The van der Waals surface area contributed by atoms with Gasteiger partial charge in [0.1, 0.15) is 11.3 Å². The van der Waals surface area contributed by atoms with Crippen LogP contribution in [-0.2, 0) is 0 Å². The van der Waals surface area contributed by atoms with Gasteiger partial charge < -0.3 is 10.2 Å². The van der Waals surface area contributed by atoms with Crippen LogP contribution in [0.15, 0.2) is 28.7 Å². The highest BCUT2D eigenvalue weighted by molar-refractivity contribution is 7.20. The molecule has 0 fully saturated rings. The second-order valence-corrected chi connectivity index (χ2v) is 7.21. The Morgan fingerprint density at radius 1 is 1.20 bits per heavy atom. The number of rotatable bonds is 2. The fraction of sp³-hybridized carbons (Fsp3) is 0.143. The van der Waals surface area contributed by atoms with E-state index in [0.29, 0.717) is 19.5 Å². The highest BCUT2D eigenvalue weighted by atomic mass is 35.5. The zero-order valence-corrected chi connectivity index (χ0v) is 13.5. The van der Waals surface area contributed by atoms with Crippen LogP contribution in [0.4, 0.5) is 0 Å². The molecule has 2 heterocycles. The molecule has 2 aromatic heterocycles. The SMILES string of the molecule is Cc1c(C(N)c2cc(Cl)sc2Cl)oc2ccc(Cl)cc12. The first-order chi connectivity index (χ1) is 9.47. The van der Waals surface area contributed by atoms with Crippen LogP contribution in [0, 0.1) is 6.92 Å². The van der Waals surface area contributed by atoms with E-state index in [0.717, 1.165) is 22.1 Å². The van der Waals surface area contributed by atoms with Crippen LogP contribution < -0.4 is 5.73 Å². The van der Waals surface area contributed by atoms with Crippen molar-refractivity contribution in [3.05, 3.63) is 54.8 Å². The van der Waals surface area contributed by atoms with Gasteiger partial charge in [0, 0.05) is 21.5 Å². The summed E-state index contributed by atoms with van der Waals surface area (Å²) < 4.78 is 7.05.